The summed E-state index contributed by atoms with van der Waals surface area (Å²) in [5.41, 5.74) is 0.223. The van der Waals surface area contributed by atoms with Gasteiger partial charge in [0.1, 0.15) is 5.60 Å². The Balaban J connectivity index is 2.07. The molecule has 3 amide bonds. The van der Waals surface area contributed by atoms with Crippen LogP contribution in [0.5, 0.6) is 0 Å². The van der Waals surface area contributed by atoms with Crippen LogP contribution in [0.2, 0.25) is 0 Å². The van der Waals surface area contributed by atoms with Gasteiger partial charge in [-0.2, -0.15) is 0 Å². The van der Waals surface area contributed by atoms with Crippen molar-refractivity contribution in [2.75, 3.05) is 6.54 Å². The fourth-order valence-electron chi connectivity index (χ4n) is 2.66. The standard InChI is InChI=1S/C18H24N2O4/c1-5-8-12(19-17(23)24-18(2,3)4)11-20-15(21)13-9-6-7-10-14(13)16(20)22/h6-7,9-10,12H,5,8,11H2,1-4H3,(H,19,23)/t12-/m0/s1. The number of rotatable bonds is 5. The number of nitrogens with zero attached hydrogens (tertiary/aromatic N) is 1. The fraction of sp³-hybridized carbons (Fsp3) is 0.500. The van der Waals surface area contributed by atoms with Crippen LogP contribution in [0.3, 0.4) is 0 Å². The maximum Gasteiger partial charge on any atom is 0.407 e. The maximum atomic E-state index is 12.4. The van der Waals surface area contributed by atoms with E-state index in [0.29, 0.717) is 17.5 Å². The van der Waals surface area contributed by atoms with Crippen LogP contribution in [0.4, 0.5) is 4.79 Å². The lowest BCUT2D eigenvalue weighted by Gasteiger charge is -2.26. The third kappa shape index (κ3) is 4.13. The maximum absolute atomic E-state index is 12.4. The summed E-state index contributed by atoms with van der Waals surface area (Å²) in [6.45, 7) is 7.47. The molecule has 1 aliphatic heterocycles. The molecule has 0 saturated carbocycles. The van der Waals surface area contributed by atoms with Crippen molar-refractivity contribution in [3.63, 3.8) is 0 Å². The highest BCUT2D eigenvalue weighted by Crippen LogP contribution is 2.23. The van der Waals surface area contributed by atoms with E-state index in [9.17, 15) is 14.4 Å². The van der Waals surface area contributed by atoms with Crippen LogP contribution in [0.15, 0.2) is 24.3 Å². The van der Waals surface area contributed by atoms with Crippen molar-refractivity contribution in [1.82, 2.24) is 10.2 Å². The SMILES string of the molecule is CCC[C@@H](CN1C(=O)c2ccccc2C1=O)NC(=O)OC(C)(C)C. The largest absolute Gasteiger partial charge is 0.444 e. The van der Waals surface area contributed by atoms with Crippen LogP contribution in [-0.2, 0) is 4.74 Å². The number of amides is 3. The summed E-state index contributed by atoms with van der Waals surface area (Å²) >= 11 is 0. The van der Waals surface area contributed by atoms with E-state index in [1.54, 1.807) is 45.0 Å². The van der Waals surface area contributed by atoms with Gasteiger partial charge in [0.05, 0.1) is 17.2 Å². The molecular formula is C18H24N2O4. The first kappa shape index (κ1) is 18.0. The molecule has 1 aliphatic rings. The Labute approximate surface area is 142 Å². The predicted octanol–water partition coefficient (Wildman–Crippen LogP) is 2.98. The molecule has 0 aromatic heterocycles. The van der Waals surface area contributed by atoms with Crippen LogP contribution in [0.1, 0.15) is 61.3 Å². The van der Waals surface area contributed by atoms with Gasteiger partial charge in [-0.1, -0.05) is 25.5 Å². The molecule has 0 fully saturated rings. The monoisotopic (exact) mass is 332 g/mol. The van der Waals surface area contributed by atoms with Crippen LogP contribution >= 0.6 is 0 Å². The molecule has 0 bridgehead atoms. The zero-order valence-corrected chi connectivity index (χ0v) is 14.6. The molecule has 2 rings (SSSR count). The van der Waals surface area contributed by atoms with Gasteiger partial charge < -0.3 is 10.1 Å². The van der Waals surface area contributed by atoms with Gasteiger partial charge in [-0.15, -0.1) is 0 Å². The van der Waals surface area contributed by atoms with Crippen molar-refractivity contribution in [3.05, 3.63) is 35.4 Å². The fourth-order valence-corrected chi connectivity index (χ4v) is 2.66. The summed E-state index contributed by atoms with van der Waals surface area (Å²) in [5, 5.41) is 2.76. The van der Waals surface area contributed by atoms with E-state index in [1.165, 1.54) is 4.90 Å². The van der Waals surface area contributed by atoms with E-state index < -0.39 is 11.7 Å². The van der Waals surface area contributed by atoms with Crippen LogP contribution in [0, 0.1) is 0 Å². The van der Waals surface area contributed by atoms with Crippen molar-refractivity contribution < 1.29 is 19.1 Å². The van der Waals surface area contributed by atoms with Gasteiger partial charge in [-0.25, -0.2) is 4.79 Å². The predicted molar refractivity (Wildman–Crippen MR) is 89.9 cm³/mol. The third-order valence-electron chi connectivity index (χ3n) is 3.64. The first-order valence-electron chi connectivity index (χ1n) is 8.17. The van der Waals surface area contributed by atoms with Crippen LogP contribution in [-0.4, -0.2) is 41.0 Å². The number of alkyl carbamates (subject to hydrolysis) is 1. The minimum atomic E-state index is -0.601. The Kier molecular flexibility index (Phi) is 5.26. The van der Waals surface area contributed by atoms with Crippen molar-refractivity contribution in [3.8, 4) is 0 Å². The lowest BCUT2D eigenvalue weighted by Crippen LogP contribution is -2.47. The second-order valence-electron chi connectivity index (χ2n) is 6.90. The Bertz CT molecular complexity index is 614. The van der Waals surface area contributed by atoms with Gasteiger partial charge in [-0.05, 0) is 39.3 Å². The topological polar surface area (TPSA) is 75.7 Å². The lowest BCUT2D eigenvalue weighted by molar-refractivity contribution is 0.0464. The molecule has 0 radical (unpaired) electrons. The second kappa shape index (κ2) is 7.03. The minimum absolute atomic E-state index is 0.138. The van der Waals surface area contributed by atoms with Gasteiger partial charge in [-0.3, -0.25) is 14.5 Å². The van der Waals surface area contributed by atoms with Gasteiger partial charge >= 0.3 is 6.09 Å². The Morgan fingerprint density at radius 2 is 1.71 bits per heavy atom. The quantitative estimate of drug-likeness (QED) is 0.841. The number of imide groups is 1. The van der Waals surface area contributed by atoms with E-state index in [0.717, 1.165) is 6.42 Å². The van der Waals surface area contributed by atoms with Crippen LogP contribution < -0.4 is 5.32 Å². The Hall–Kier alpha value is -2.37. The van der Waals surface area contributed by atoms with Crippen molar-refractivity contribution >= 4 is 17.9 Å². The molecule has 0 aliphatic carbocycles. The molecule has 1 aromatic carbocycles. The van der Waals surface area contributed by atoms with Crippen molar-refractivity contribution in [1.29, 1.82) is 0 Å². The van der Waals surface area contributed by atoms with Gasteiger partial charge in [0.25, 0.3) is 11.8 Å². The van der Waals surface area contributed by atoms with E-state index in [2.05, 4.69) is 5.32 Å². The summed E-state index contributed by atoms with van der Waals surface area (Å²) in [4.78, 5) is 38.0. The minimum Gasteiger partial charge on any atom is -0.444 e. The van der Waals surface area contributed by atoms with Gasteiger partial charge in [0.15, 0.2) is 0 Å². The molecule has 6 heteroatoms. The first-order valence-corrected chi connectivity index (χ1v) is 8.17. The lowest BCUT2D eigenvalue weighted by atomic mass is 10.1. The highest BCUT2D eigenvalue weighted by Gasteiger charge is 2.36. The van der Waals surface area contributed by atoms with Crippen molar-refractivity contribution in [2.24, 2.45) is 0 Å². The highest BCUT2D eigenvalue weighted by atomic mass is 16.6. The number of fused-ring (bicyclic) bond motifs is 1. The Morgan fingerprint density at radius 3 is 2.17 bits per heavy atom. The zero-order valence-electron chi connectivity index (χ0n) is 14.6. The van der Waals surface area contributed by atoms with Gasteiger partial charge in [0, 0.05) is 6.54 Å². The summed E-state index contributed by atoms with van der Waals surface area (Å²) in [6.07, 6.45) is 0.911. The average Bonchev–Trinajstić information content (AvgIpc) is 2.71. The molecular weight excluding hydrogens is 308 g/mol. The average molecular weight is 332 g/mol. The molecule has 130 valence electrons. The molecule has 24 heavy (non-hydrogen) atoms. The molecule has 1 N–H and O–H groups in total. The number of hydrogen-bond acceptors (Lipinski definition) is 4. The molecule has 1 atom stereocenters. The zero-order chi connectivity index (χ0) is 17.9. The smallest absolute Gasteiger partial charge is 0.407 e. The van der Waals surface area contributed by atoms with E-state index in [1.807, 2.05) is 6.92 Å². The molecule has 1 aromatic rings. The summed E-state index contributed by atoms with van der Waals surface area (Å²) in [5.74, 6) is -0.634. The summed E-state index contributed by atoms with van der Waals surface area (Å²) < 4.78 is 5.26. The number of hydrogen-bond donors (Lipinski definition) is 1. The normalized spacial score (nSPS) is 15.2. The summed E-state index contributed by atoms with van der Waals surface area (Å²) in [6, 6.07) is 6.41. The first-order chi connectivity index (χ1) is 11.2. The number of carbonyl (C=O) groups excluding carboxylic acids is 3. The number of benzene rings is 1. The van der Waals surface area contributed by atoms with E-state index >= 15 is 0 Å². The number of ether oxygens (including phenoxy) is 1. The van der Waals surface area contributed by atoms with Crippen molar-refractivity contribution in [2.45, 2.75) is 52.2 Å². The third-order valence-corrected chi connectivity index (χ3v) is 3.64. The number of carbonyl (C=O) groups is 3. The van der Waals surface area contributed by atoms with E-state index in [4.69, 9.17) is 4.74 Å². The molecule has 0 spiro atoms. The molecule has 1 heterocycles. The highest BCUT2D eigenvalue weighted by molar-refractivity contribution is 6.21. The summed E-state index contributed by atoms with van der Waals surface area (Å²) in [7, 11) is 0. The van der Waals surface area contributed by atoms with E-state index in [-0.39, 0.29) is 24.4 Å². The molecule has 0 unspecified atom stereocenters. The molecule has 0 saturated heterocycles. The Morgan fingerprint density at radius 1 is 1.17 bits per heavy atom. The van der Waals surface area contributed by atoms with Crippen LogP contribution in [0.25, 0.3) is 0 Å². The molecule has 6 nitrogen and oxygen atoms in total. The van der Waals surface area contributed by atoms with Gasteiger partial charge in [0.2, 0.25) is 0 Å². The second-order valence-corrected chi connectivity index (χ2v) is 6.90. The number of nitrogens with one attached hydrogen (secondary N) is 1.